The standard InChI is InChI=1S/C16H18F3N3O6/c17-16(18,19)10-3-4-12(13(6-10)22(25)26)20-8-15(24)28-9-14(23)21-7-11-2-1-5-27-11/h3-4,6,11,20H,1-2,5,7-9H2,(H,21,23)/t11-/m0/s1. The predicted octanol–water partition coefficient (Wildman–Crippen LogP) is 1.86. The molecule has 28 heavy (non-hydrogen) atoms. The summed E-state index contributed by atoms with van der Waals surface area (Å²) < 4.78 is 48.0. The molecule has 1 amide bonds. The van der Waals surface area contributed by atoms with Crippen LogP contribution in [0.15, 0.2) is 18.2 Å². The van der Waals surface area contributed by atoms with Crippen LogP contribution in [0.5, 0.6) is 0 Å². The first-order valence-corrected chi connectivity index (χ1v) is 8.30. The quantitative estimate of drug-likeness (QED) is 0.385. The number of nitro groups is 1. The van der Waals surface area contributed by atoms with Crippen molar-refractivity contribution in [3.05, 3.63) is 33.9 Å². The van der Waals surface area contributed by atoms with Crippen molar-refractivity contribution in [2.24, 2.45) is 0 Å². The Labute approximate surface area is 157 Å². The van der Waals surface area contributed by atoms with E-state index in [0.717, 1.165) is 18.9 Å². The molecule has 0 unspecified atom stereocenters. The van der Waals surface area contributed by atoms with Gasteiger partial charge in [0.1, 0.15) is 12.2 Å². The van der Waals surface area contributed by atoms with E-state index in [1.165, 1.54) is 0 Å². The molecule has 0 aromatic heterocycles. The number of amides is 1. The summed E-state index contributed by atoms with van der Waals surface area (Å²) in [6, 6.07) is 1.87. The van der Waals surface area contributed by atoms with Gasteiger partial charge in [0.15, 0.2) is 6.61 Å². The van der Waals surface area contributed by atoms with Crippen LogP contribution in [-0.2, 0) is 25.2 Å². The van der Waals surface area contributed by atoms with Crippen molar-refractivity contribution in [3.63, 3.8) is 0 Å². The van der Waals surface area contributed by atoms with E-state index in [1.807, 2.05) is 0 Å². The highest BCUT2D eigenvalue weighted by molar-refractivity contribution is 5.82. The lowest BCUT2D eigenvalue weighted by molar-refractivity contribution is -0.384. The minimum absolute atomic E-state index is 0.0680. The smallest absolute Gasteiger partial charge is 0.416 e. The minimum Gasteiger partial charge on any atom is -0.454 e. The summed E-state index contributed by atoms with van der Waals surface area (Å²) in [4.78, 5) is 33.2. The van der Waals surface area contributed by atoms with Crippen LogP contribution in [-0.4, -0.2) is 49.2 Å². The lowest BCUT2D eigenvalue weighted by Crippen LogP contribution is -2.35. The average molecular weight is 405 g/mol. The molecule has 0 saturated carbocycles. The third kappa shape index (κ3) is 6.37. The third-order valence-electron chi connectivity index (χ3n) is 3.86. The molecule has 1 saturated heterocycles. The van der Waals surface area contributed by atoms with E-state index < -0.39 is 47.4 Å². The highest BCUT2D eigenvalue weighted by atomic mass is 19.4. The van der Waals surface area contributed by atoms with E-state index in [9.17, 15) is 32.9 Å². The molecule has 1 aliphatic rings. The van der Waals surface area contributed by atoms with E-state index in [-0.39, 0.29) is 11.8 Å². The number of ether oxygens (including phenoxy) is 2. The maximum absolute atomic E-state index is 12.7. The molecule has 12 heteroatoms. The highest BCUT2D eigenvalue weighted by Crippen LogP contribution is 2.34. The van der Waals surface area contributed by atoms with Crippen molar-refractivity contribution in [1.82, 2.24) is 5.32 Å². The molecule has 0 radical (unpaired) electrons. The van der Waals surface area contributed by atoms with Crippen molar-refractivity contribution in [2.45, 2.75) is 25.1 Å². The average Bonchev–Trinajstić information content (AvgIpc) is 3.15. The van der Waals surface area contributed by atoms with E-state index in [4.69, 9.17) is 9.47 Å². The van der Waals surface area contributed by atoms with Crippen LogP contribution in [0.1, 0.15) is 18.4 Å². The van der Waals surface area contributed by atoms with Gasteiger partial charge in [0.2, 0.25) is 0 Å². The Morgan fingerprint density at radius 3 is 2.71 bits per heavy atom. The summed E-state index contributed by atoms with van der Waals surface area (Å²) in [5.74, 6) is -1.44. The summed E-state index contributed by atoms with van der Waals surface area (Å²) in [7, 11) is 0. The van der Waals surface area contributed by atoms with Crippen molar-refractivity contribution in [1.29, 1.82) is 0 Å². The Balaban J connectivity index is 1.81. The van der Waals surface area contributed by atoms with Gasteiger partial charge in [0.05, 0.1) is 16.6 Å². The molecule has 1 atom stereocenters. The molecule has 0 spiro atoms. The first-order valence-electron chi connectivity index (χ1n) is 8.30. The van der Waals surface area contributed by atoms with Gasteiger partial charge < -0.3 is 20.1 Å². The van der Waals surface area contributed by atoms with E-state index in [0.29, 0.717) is 25.3 Å². The normalized spacial score (nSPS) is 16.5. The monoisotopic (exact) mass is 405 g/mol. The number of benzene rings is 1. The van der Waals surface area contributed by atoms with Crippen molar-refractivity contribution >= 4 is 23.3 Å². The minimum atomic E-state index is -4.74. The number of rotatable bonds is 8. The number of alkyl halides is 3. The molecule has 1 aromatic carbocycles. The van der Waals surface area contributed by atoms with Crippen LogP contribution in [0.2, 0.25) is 0 Å². The van der Waals surface area contributed by atoms with Gasteiger partial charge in [-0.1, -0.05) is 0 Å². The Hall–Kier alpha value is -2.89. The molecule has 1 fully saturated rings. The van der Waals surface area contributed by atoms with E-state index in [2.05, 4.69) is 10.6 Å². The number of nitro benzene ring substituents is 1. The lowest BCUT2D eigenvalue weighted by atomic mass is 10.1. The van der Waals surface area contributed by atoms with Crippen LogP contribution in [0.4, 0.5) is 24.5 Å². The molecule has 2 rings (SSSR count). The van der Waals surface area contributed by atoms with Gasteiger partial charge in [-0.05, 0) is 25.0 Å². The number of hydrogen-bond acceptors (Lipinski definition) is 7. The zero-order chi connectivity index (χ0) is 20.7. The molecule has 154 valence electrons. The number of halogens is 3. The van der Waals surface area contributed by atoms with Gasteiger partial charge in [0.25, 0.3) is 11.6 Å². The van der Waals surface area contributed by atoms with Gasteiger partial charge in [-0.2, -0.15) is 13.2 Å². The summed E-state index contributed by atoms with van der Waals surface area (Å²) in [5, 5.41) is 15.8. The molecule has 0 aliphatic carbocycles. The SMILES string of the molecule is O=C(COC(=O)CNc1ccc(C(F)(F)F)cc1[N+](=O)[O-])NC[C@@H]1CCCO1. The van der Waals surface area contributed by atoms with Crippen LogP contribution in [0, 0.1) is 10.1 Å². The summed E-state index contributed by atoms with van der Waals surface area (Å²) >= 11 is 0. The Bertz CT molecular complexity index is 735. The highest BCUT2D eigenvalue weighted by Gasteiger charge is 2.33. The predicted molar refractivity (Wildman–Crippen MR) is 89.5 cm³/mol. The molecule has 1 aromatic rings. The summed E-state index contributed by atoms with van der Waals surface area (Å²) in [6.07, 6.45) is -3.06. The lowest BCUT2D eigenvalue weighted by Gasteiger charge is -2.12. The van der Waals surface area contributed by atoms with Crippen LogP contribution < -0.4 is 10.6 Å². The second-order valence-electron chi connectivity index (χ2n) is 5.94. The molecule has 1 aliphatic heterocycles. The maximum Gasteiger partial charge on any atom is 0.416 e. The van der Waals surface area contributed by atoms with Crippen LogP contribution in [0.25, 0.3) is 0 Å². The Kier molecular flexibility index (Phi) is 7.15. The fourth-order valence-electron chi connectivity index (χ4n) is 2.46. The van der Waals surface area contributed by atoms with Gasteiger partial charge in [0, 0.05) is 19.2 Å². The molecule has 1 heterocycles. The largest absolute Gasteiger partial charge is 0.454 e. The number of esters is 1. The van der Waals surface area contributed by atoms with Gasteiger partial charge in [-0.3, -0.25) is 19.7 Å². The number of anilines is 1. The first-order chi connectivity index (χ1) is 13.2. The fourth-order valence-corrected chi connectivity index (χ4v) is 2.46. The van der Waals surface area contributed by atoms with Gasteiger partial charge in [-0.15, -0.1) is 0 Å². The third-order valence-corrected chi connectivity index (χ3v) is 3.86. The number of hydrogen-bond donors (Lipinski definition) is 2. The van der Waals surface area contributed by atoms with Crippen molar-refractivity contribution in [3.8, 4) is 0 Å². The molecule has 0 bridgehead atoms. The summed E-state index contributed by atoms with van der Waals surface area (Å²) in [6.45, 7) is -0.183. The second kappa shape index (κ2) is 9.35. The van der Waals surface area contributed by atoms with Crippen LogP contribution in [0.3, 0.4) is 0 Å². The Morgan fingerprint density at radius 1 is 1.36 bits per heavy atom. The maximum atomic E-state index is 12.7. The number of nitrogens with zero attached hydrogens (tertiary/aromatic N) is 1. The summed E-state index contributed by atoms with van der Waals surface area (Å²) in [5.41, 5.74) is -2.30. The fraction of sp³-hybridized carbons (Fsp3) is 0.500. The molecular formula is C16H18F3N3O6. The Morgan fingerprint density at radius 2 is 2.11 bits per heavy atom. The molecule has 2 N–H and O–H groups in total. The number of carbonyl (C=O) groups excluding carboxylic acids is 2. The number of carbonyl (C=O) groups is 2. The van der Waals surface area contributed by atoms with E-state index >= 15 is 0 Å². The first kappa shape index (κ1) is 21.4. The zero-order valence-electron chi connectivity index (χ0n) is 14.6. The van der Waals surface area contributed by atoms with Crippen LogP contribution >= 0.6 is 0 Å². The van der Waals surface area contributed by atoms with Crippen molar-refractivity contribution in [2.75, 3.05) is 31.6 Å². The van der Waals surface area contributed by atoms with Gasteiger partial charge >= 0.3 is 12.1 Å². The topological polar surface area (TPSA) is 120 Å². The second-order valence-corrected chi connectivity index (χ2v) is 5.94. The van der Waals surface area contributed by atoms with E-state index in [1.54, 1.807) is 0 Å². The van der Waals surface area contributed by atoms with Crippen molar-refractivity contribution < 1.29 is 37.2 Å². The molecule has 9 nitrogen and oxygen atoms in total. The zero-order valence-corrected chi connectivity index (χ0v) is 14.6. The molecular weight excluding hydrogens is 387 g/mol. The number of nitrogens with one attached hydrogen (secondary N) is 2. The van der Waals surface area contributed by atoms with Gasteiger partial charge in [-0.25, -0.2) is 0 Å².